The molecular weight excluding hydrogens is 332 g/mol. The van der Waals surface area contributed by atoms with Crippen LogP contribution in [0.5, 0.6) is 11.5 Å². The van der Waals surface area contributed by atoms with Crippen LogP contribution in [0.25, 0.3) is 11.0 Å². The molecule has 0 unspecified atom stereocenters. The summed E-state index contributed by atoms with van der Waals surface area (Å²) in [5.74, 6) is 0.277. The van der Waals surface area contributed by atoms with Gasteiger partial charge in [-0.25, -0.2) is 9.59 Å². The Hall–Kier alpha value is -3.08. The second-order valence-corrected chi connectivity index (χ2v) is 6.99. The minimum atomic E-state index is -0.750. The molecule has 2 aromatic carbocycles. The third-order valence-electron chi connectivity index (χ3n) is 4.06. The standard InChI is InChI=1S/C21H20O5/c1-21(2,3)16-7-5-6-8-18(16)26-20(23)15-12-13-11-14(24-4)9-10-17(13)25-19(15)22/h5-12H,1-4H3. The van der Waals surface area contributed by atoms with Crippen LogP contribution in [-0.4, -0.2) is 13.1 Å². The van der Waals surface area contributed by atoms with E-state index in [9.17, 15) is 9.59 Å². The van der Waals surface area contributed by atoms with Crippen molar-refractivity contribution in [2.24, 2.45) is 0 Å². The first kappa shape index (κ1) is 17.7. The third kappa shape index (κ3) is 3.47. The Morgan fingerprint density at radius 3 is 2.46 bits per heavy atom. The molecule has 134 valence electrons. The molecule has 0 saturated heterocycles. The van der Waals surface area contributed by atoms with Gasteiger partial charge in [0.05, 0.1) is 7.11 Å². The van der Waals surface area contributed by atoms with Crippen molar-refractivity contribution in [1.82, 2.24) is 0 Å². The summed E-state index contributed by atoms with van der Waals surface area (Å²) in [6, 6.07) is 13.7. The van der Waals surface area contributed by atoms with E-state index < -0.39 is 11.6 Å². The zero-order chi connectivity index (χ0) is 18.9. The van der Waals surface area contributed by atoms with Crippen molar-refractivity contribution in [3.8, 4) is 11.5 Å². The van der Waals surface area contributed by atoms with Crippen LogP contribution in [0.2, 0.25) is 0 Å². The third-order valence-corrected chi connectivity index (χ3v) is 4.06. The molecule has 0 saturated carbocycles. The lowest BCUT2D eigenvalue weighted by molar-refractivity contribution is 0.0727. The van der Waals surface area contributed by atoms with Crippen molar-refractivity contribution < 1.29 is 18.7 Å². The van der Waals surface area contributed by atoms with E-state index in [2.05, 4.69) is 0 Å². The number of hydrogen-bond donors (Lipinski definition) is 0. The monoisotopic (exact) mass is 352 g/mol. The fourth-order valence-electron chi connectivity index (χ4n) is 2.70. The highest BCUT2D eigenvalue weighted by Crippen LogP contribution is 2.31. The molecule has 1 heterocycles. The molecule has 0 aliphatic rings. The molecule has 0 aliphatic carbocycles. The van der Waals surface area contributed by atoms with Crippen LogP contribution in [0, 0.1) is 0 Å². The molecule has 0 atom stereocenters. The van der Waals surface area contributed by atoms with E-state index in [1.165, 1.54) is 6.07 Å². The highest BCUT2D eigenvalue weighted by molar-refractivity contribution is 5.94. The summed E-state index contributed by atoms with van der Waals surface area (Å²) < 4.78 is 15.9. The van der Waals surface area contributed by atoms with Crippen LogP contribution in [0.1, 0.15) is 36.7 Å². The van der Waals surface area contributed by atoms with E-state index in [-0.39, 0.29) is 11.0 Å². The lowest BCUT2D eigenvalue weighted by atomic mass is 9.86. The molecule has 5 nitrogen and oxygen atoms in total. The highest BCUT2D eigenvalue weighted by atomic mass is 16.5. The summed E-state index contributed by atoms with van der Waals surface area (Å²) in [6.45, 7) is 6.07. The van der Waals surface area contributed by atoms with Gasteiger partial charge in [0.1, 0.15) is 22.6 Å². The van der Waals surface area contributed by atoms with Crippen molar-refractivity contribution in [1.29, 1.82) is 0 Å². The molecular formula is C21H20O5. The Kier molecular flexibility index (Phi) is 4.55. The van der Waals surface area contributed by atoms with Crippen molar-refractivity contribution in [3.05, 3.63) is 70.1 Å². The summed E-state index contributed by atoms with van der Waals surface area (Å²) in [6.07, 6.45) is 0. The van der Waals surface area contributed by atoms with Crippen LogP contribution >= 0.6 is 0 Å². The van der Waals surface area contributed by atoms with Gasteiger partial charge in [-0.3, -0.25) is 0 Å². The number of benzene rings is 2. The summed E-state index contributed by atoms with van der Waals surface area (Å²) in [4.78, 5) is 24.8. The van der Waals surface area contributed by atoms with Gasteiger partial charge in [-0.05, 0) is 35.7 Å². The molecule has 0 aliphatic heterocycles. The van der Waals surface area contributed by atoms with E-state index in [1.807, 2.05) is 32.9 Å². The zero-order valence-corrected chi connectivity index (χ0v) is 15.2. The lowest BCUT2D eigenvalue weighted by Gasteiger charge is -2.21. The van der Waals surface area contributed by atoms with Crippen LogP contribution in [0.15, 0.2) is 57.7 Å². The van der Waals surface area contributed by atoms with Gasteiger partial charge in [0.2, 0.25) is 0 Å². The fraction of sp³-hybridized carbons (Fsp3) is 0.238. The molecule has 0 bridgehead atoms. The smallest absolute Gasteiger partial charge is 0.351 e. The molecule has 3 rings (SSSR count). The normalized spacial score (nSPS) is 11.4. The Labute approximate surface area is 151 Å². The summed E-state index contributed by atoms with van der Waals surface area (Å²) in [5, 5.41) is 0.583. The quantitative estimate of drug-likeness (QED) is 0.399. The van der Waals surface area contributed by atoms with E-state index in [4.69, 9.17) is 13.9 Å². The van der Waals surface area contributed by atoms with E-state index in [0.29, 0.717) is 22.5 Å². The van der Waals surface area contributed by atoms with Gasteiger partial charge in [0.15, 0.2) is 0 Å². The van der Waals surface area contributed by atoms with Crippen LogP contribution in [0.4, 0.5) is 0 Å². The molecule has 0 fully saturated rings. The molecule has 0 N–H and O–H groups in total. The van der Waals surface area contributed by atoms with Crippen molar-refractivity contribution >= 4 is 16.9 Å². The van der Waals surface area contributed by atoms with Crippen molar-refractivity contribution in [2.75, 3.05) is 7.11 Å². The van der Waals surface area contributed by atoms with Gasteiger partial charge < -0.3 is 13.9 Å². The largest absolute Gasteiger partial charge is 0.497 e. The number of carbonyl (C=O) groups excluding carboxylic acids is 1. The minimum absolute atomic E-state index is 0.158. The van der Waals surface area contributed by atoms with E-state index in [0.717, 1.165) is 5.56 Å². The average molecular weight is 352 g/mol. The van der Waals surface area contributed by atoms with E-state index >= 15 is 0 Å². The van der Waals surface area contributed by atoms with Gasteiger partial charge in [0, 0.05) is 10.9 Å². The molecule has 5 heteroatoms. The Morgan fingerprint density at radius 2 is 1.77 bits per heavy atom. The number of ether oxygens (including phenoxy) is 2. The van der Waals surface area contributed by atoms with Gasteiger partial charge in [-0.15, -0.1) is 0 Å². The highest BCUT2D eigenvalue weighted by Gasteiger charge is 2.22. The average Bonchev–Trinajstić information content (AvgIpc) is 2.60. The maximum absolute atomic E-state index is 12.6. The number of fused-ring (bicyclic) bond motifs is 1. The summed E-state index contributed by atoms with van der Waals surface area (Å²) in [7, 11) is 1.54. The van der Waals surface area contributed by atoms with Crippen LogP contribution in [0.3, 0.4) is 0 Å². The topological polar surface area (TPSA) is 65.7 Å². The Morgan fingerprint density at radius 1 is 1.04 bits per heavy atom. The molecule has 0 radical (unpaired) electrons. The van der Waals surface area contributed by atoms with Crippen molar-refractivity contribution in [2.45, 2.75) is 26.2 Å². The number of hydrogen-bond acceptors (Lipinski definition) is 5. The number of rotatable bonds is 3. The van der Waals surface area contributed by atoms with Crippen LogP contribution in [-0.2, 0) is 5.41 Å². The SMILES string of the molecule is COc1ccc2oc(=O)c(C(=O)Oc3ccccc3C(C)(C)C)cc2c1. The predicted octanol–water partition coefficient (Wildman–Crippen LogP) is 4.32. The van der Waals surface area contributed by atoms with Gasteiger partial charge >= 0.3 is 11.6 Å². The number of methoxy groups -OCH3 is 1. The fourth-order valence-corrected chi connectivity index (χ4v) is 2.70. The maximum atomic E-state index is 12.6. The second kappa shape index (κ2) is 6.67. The molecule has 0 amide bonds. The molecule has 1 aromatic heterocycles. The molecule has 26 heavy (non-hydrogen) atoms. The van der Waals surface area contributed by atoms with Gasteiger partial charge in [-0.1, -0.05) is 39.0 Å². The van der Waals surface area contributed by atoms with E-state index in [1.54, 1.807) is 37.4 Å². The van der Waals surface area contributed by atoms with Gasteiger partial charge in [0.25, 0.3) is 0 Å². The number of esters is 1. The minimum Gasteiger partial charge on any atom is -0.497 e. The second-order valence-electron chi connectivity index (χ2n) is 6.99. The first-order chi connectivity index (χ1) is 12.3. The Balaban J connectivity index is 2.01. The predicted molar refractivity (Wildman–Crippen MR) is 99.1 cm³/mol. The number of carbonyl (C=O) groups is 1. The maximum Gasteiger partial charge on any atom is 0.351 e. The Bertz CT molecular complexity index is 1020. The number of para-hydroxylation sites is 1. The molecule has 3 aromatic rings. The zero-order valence-electron chi connectivity index (χ0n) is 15.2. The summed E-state index contributed by atoms with van der Waals surface area (Å²) in [5.41, 5.74) is 0.149. The van der Waals surface area contributed by atoms with Crippen LogP contribution < -0.4 is 15.1 Å². The summed E-state index contributed by atoms with van der Waals surface area (Å²) >= 11 is 0. The van der Waals surface area contributed by atoms with Crippen molar-refractivity contribution in [3.63, 3.8) is 0 Å². The first-order valence-electron chi connectivity index (χ1n) is 8.23. The van der Waals surface area contributed by atoms with Gasteiger partial charge in [-0.2, -0.15) is 0 Å². The lowest BCUT2D eigenvalue weighted by Crippen LogP contribution is -2.21. The first-order valence-corrected chi connectivity index (χ1v) is 8.23. The molecule has 0 spiro atoms.